The van der Waals surface area contributed by atoms with Gasteiger partial charge in [-0.1, -0.05) is 150 Å². The Kier molecular flexibility index (Phi) is 7.30. The zero-order chi connectivity index (χ0) is 52.0. The fraction of sp³-hybridized carbons (Fsp3) is 0.158. The van der Waals surface area contributed by atoms with Crippen LogP contribution in [-0.2, 0) is 5.41 Å². The van der Waals surface area contributed by atoms with E-state index in [-0.39, 0.29) is 33.4 Å². The van der Waals surface area contributed by atoms with E-state index >= 15 is 0 Å². The zero-order valence-electron chi connectivity index (χ0n) is 46.2. The van der Waals surface area contributed by atoms with Crippen LogP contribution in [0, 0.1) is 6.33 Å². The van der Waals surface area contributed by atoms with E-state index in [1.54, 1.807) is 33.5 Å². The van der Waals surface area contributed by atoms with Crippen LogP contribution < -0.4 is 9.30 Å². The number of hydrogen-bond acceptors (Lipinski definition) is 2. The van der Waals surface area contributed by atoms with Gasteiger partial charge in [-0.3, -0.25) is 13.7 Å². The Morgan fingerprint density at radius 2 is 1.37 bits per heavy atom. The lowest BCUT2D eigenvalue weighted by Crippen LogP contribution is -2.31. The smallest absolute Gasteiger partial charge is 0.269 e. The summed E-state index contributed by atoms with van der Waals surface area (Å²) in [5, 5.41) is 2.08. The Hall–Kier alpha value is -7.24. The van der Waals surface area contributed by atoms with Crippen LogP contribution >= 0.6 is 0 Å². The Balaban J connectivity index is 1.14. The van der Waals surface area contributed by atoms with Gasteiger partial charge < -0.3 is 4.74 Å². The summed E-state index contributed by atoms with van der Waals surface area (Å²) in [6.07, 6.45) is 6.53. The average Bonchev–Trinajstić information content (AvgIpc) is 3.94. The number of pyridine rings is 1. The third-order valence-electron chi connectivity index (χ3n) is 11.5. The molecule has 0 aliphatic carbocycles. The highest BCUT2D eigenvalue weighted by Crippen LogP contribution is 2.39. The van der Waals surface area contributed by atoms with E-state index < -0.39 is 66.3 Å². The fourth-order valence-corrected chi connectivity index (χ4v) is 8.39. The minimum absolute atomic E-state index is 0.0932. The minimum atomic E-state index is -0.767. The Morgan fingerprint density at radius 1 is 0.677 bits per heavy atom. The molecule has 0 saturated carbocycles. The first-order valence-electron chi connectivity index (χ1n) is 26.3. The molecule has 3 heterocycles. The molecule has 0 radical (unpaired) electrons. The first-order valence-corrected chi connectivity index (χ1v) is 20.8. The van der Waals surface area contributed by atoms with Gasteiger partial charge >= 0.3 is 0 Å². The van der Waals surface area contributed by atoms with Crippen LogP contribution in [0.25, 0.3) is 72.3 Å². The maximum atomic E-state index is 9.27. The van der Waals surface area contributed by atoms with Crippen molar-refractivity contribution in [1.82, 2.24) is 14.1 Å². The molecule has 0 spiro atoms. The molecule has 5 nitrogen and oxygen atoms in total. The number of ether oxygens (including phenoxy) is 1. The topological polar surface area (TPSA) is 35.9 Å². The minimum Gasteiger partial charge on any atom is -0.458 e. The largest absolute Gasteiger partial charge is 0.458 e. The van der Waals surface area contributed by atoms with Gasteiger partial charge in [0.1, 0.15) is 17.3 Å². The summed E-state index contributed by atoms with van der Waals surface area (Å²) in [6, 6.07) is 30.8. The predicted molar refractivity (Wildman–Crippen MR) is 255 cm³/mol. The molecule has 5 heteroatoms. The first-order chi connectivity index (χ1) is 34.8. The highest BCUT2D eigenvalue weighted by atomic mass is 16.5. The van der Waals surface area contributed by atoms with E-state index in [1.807, 2.05) is 86.6 Å². The molecular weight excluding hydrogens is 757 g/mol. The van der Waals surface area contributed by atoms with E-state index in [0.29, 0.717) is 46.9 Å². The highest BCUT2D eigenvalue weighted by molar-refractivity contribution is 6.09. The van der Waals surface area contributed by atoms with Crippen LogP contribution in [0.5, 0.6) is 11.5 Å². The number of para-hydroxylation sites is 3. The third kappa shape index (κ3) is 7.03. The molecule has 0 aliphatic rings. The maximum Gasteiger partial charge on any atom is 0.269 e. The van der Waals surface area contributed by atoms with Crippen molar-refractivity contribution in [2.45, 2.75) is 58.8 Å². The number of imidazole rings is 1. The summed E-state index contributed by atoms with van der Waals surface area (Å²) in [6.45, 7) is 10.7. The summed E-state index contributed by atoms with van der Waals surface area (Å²) in [4.78, 5) is 4.87. The van der Waals surface area contributed by atoms with E-state index in [0.717, 1.165) is 27.4 Å². The molecule has 0 aliphatic heterocycles. The second kappa shape index (κ2) is 16.0. The molecule has 10 aromatic rings. The van der Waals surface area contributed by atoms with Gasteiger partial charge in [0.05, 0.1) is 47.1 Å². The van der Waals surface area contributed by atoms with Gasteiger partial charge in [-0.25, -0.2) is 4.98 Å². The van der Waals surface area contributed by atoms with Crippen LogP contribution in [0.3, 0.4) is 0 Å². The first kappa shape index (κ1) is 28.3. The molecule has 0 atom stereocenters. The normalized spacial score (nSPS) is 14.6. The molecule has 7 aromatic carbocycles. The molecule has 0 bridgehead atoms. The number of hydrogen-bond donors (Lipinski definition) is 0. The fourth-order valence-electron chi connectivity index (χ4n) is 8.39. The molecule has 304 valence electrons. The Bertz CT molecular complexity index is 3740. The van der Waals surface area contributed by atoms with Crippen molar-refractivity contribution >= 4 is 32.8 Å². The van der Waals surface area contributed by atoms with Crippen molar-refractivity contribution in [3.63, 3.8) is 0 Å². The van der Waals surface area contributed by atoms with Gasteiger partial charge in [0, 0.05) is 24.4 Å². The van der Waals surface area contributed by atoms with Crippen LogP contribution in [0.2, 0.25) is 0 Å². The lowest BCUT2D eigenvalue weighted by Gasteiger charge is -2.19. The summed E-state index contributed by atoms with van der Waals surface area (Å²) in [5.74, 6) is 0.989. The molecule has 3 aromatic heterocycles. The van der Waals surface area contributed by atoms with Crippen LogP contribution in [0.4, 0.5) is 0 Å². The van der Waals surface area contributed by atoms with E-state index in [1.165, 1.54) is 5.56 Å². The highest BCUT2D eigenvalue weighted by Gasteiger charge is 2.22. The monoisotopic (exact) mass is 817 g/mol. The summed E-state index contributed by atoms with van der Waals surface area (Å²) in [7, 11) is 0. The summed E-state index contributed by atoms with van der Waals surface area (Å²) >= 11 is 0. The molecule has 0 N–H and O–H groups in total. The second-order valence-corrected chi connectivity index (χ2v) is 16.3. The molecule has 0 saturated heterocycles. The van der Waals surface area contributed by atoms with Crippen molar-refractivity contribution in [3.05, 3.63) is 199 Å². The van der Waals surface area contributed by atoms with Gasteiger partial charge in [0.15, 0.2) is 0 Å². The van der Waals surface area contributed by atoms with Crippen molar-refractivity contribution in [2.24, 2.45) is 0 Å². The molecule has 0 amide bonds. The van der Waals surface area contributed by atoms with E-state index in [2.05, 4.69) is 55.9 Å². The van der Waals surface area contributed by atoms with E-state index in [4.69, 9.17) is 23.4 Å². The van der Waals surface area contributed by atoms with Crippen molar-refractivity contribution < 1.29 is 24.4 Å². The SMILES string of the molecule is [2H]c1c([2H])c([2H])c(-c2cccc(-c3c([2H])c([2H])c([2H])c([2H])c3[2H])c2-[n+]2[c-]n(-c3cccc(Oc4ccc5c6cc(C(C)(C)C)ccc6n(-c6cc(C([2H])(CC)CC)ccn6)c5c4)c3)c3ccccc32)c([2H])c1[2H]. The standard InChI is InChI=1S/C57H50N4O/c1-6-39(7-2)42-32-33-58-55(34-42)61-51-31-28-43(57(3,4)5)35-50(51)49-30-29-46(37-54(49)61)62-45-23-16-22-44(36-45)59-38-60(53-27-15-14-26-52(53)59)56-47(40-18-10-8-11-19-40)24-17-25-48(56)41-20-12-9-13-21-41/h8-37,39H,6-7H2,1-5H3/i8D,9D,10D,11D,12D,13D,18D,19D,20D,21D,39D. The summed E-state index contributed by atoms with van der Waals surface area (Å²) < 4.78 is 109. The van der Waals surface area contributed by atoms with Crippen LogP contribution in [0.1, 0.15) is 79.6 Å². The number of aromatic nitrogens is 4. The maximum absolute atomic E-state index is 9.27. The van der Waals surface area contributed by atoms with Crippen LogP contribution in [0.15, 0.2) is 182 Å². The molecular formula is C57H50N4O. The lowest BCUT2D eigenvalue weighted by atomic mass is 9.86. The van der Waals surface area contributed by atoms with E-state index in [9.17, 15) is 1.37 Å². The Morgan fingerprint density at radius 3 is 2.08 bits per heavy atom. The quantitative estimate of drug-likeness (QED) is 0.102. The van der Waals surface area contributed by atoms with Gasteiger partial charge in [-0.15, -0.1) is 0 Å². The molecule has 0 fully saturated rings. The van der Waals surface area contributed by atoms with Gasteiger partial charge in [-0.05, 0) is 112 Å². The number of rotatable bonds is 10. The number of benzene rings is 7. The zero-order valence-corrected chi connectivity index (χ0v) is 35.2. The van der Waals surface area contributed by atoms with Gasteiger partial charge in [0.25, 0.3) is 6.33 Å². The summed E-state index contributed by atoms with van der Waals surface area (Å²) in [5.41, 5.74) is 5.87. The Labute approximate surface area is 379 Å². The van der Waals surface area contributed by atoms with Crippen molar-refractivity contribution in [1.29, 1.82) is 0 Å². The van der Waals surface area contributed by atoms with Crippen molar-refractivity contribution in [2.75, 3.05) is 0 Å². The lowest BCUT2D eigenvalue weighted by molar-refractivity contribution is -0.571. The average molecular weight is 818 g/mol. The van der Waals surface area contributed by atoms with Gasteiger partial charge in [-0.2, -0.15) is 0 Å². The number of nitrogens with zero attached hydrogens (tertiary/aromatic N) is 4. The second-order valence-electron chi connectivity index (χ2n) is 16.3. The van der Waals surface area contributed by atoms with Crippen molar-refractivity contribution in [3.8, 4) is 50.9 Å². The van der Waals surface area contributed by atoms with Gasteiger partial charge in [0.2, 0.25) is 0 Å². The number of fused-ring (bicyclic) bond motifs is 4. The molecule has 62 heavy (non-hydrogen) atoms. The van der Waals surface area contributed by atoms with Crippen LogP contribution in [-0.4, -0.2) is 14.1 Å². The third-order valence-corrected chi connectivity index (χ3v) is 11.5. The molecule has 10 rings (SSSR count). The predicted octanol–water partition coefficient (Wildman–Crippen LogP) is 14.5. The molecule has 0 unspecified atom stereocenters.